The second kappa shape index (κ2) is 8.01. The Hall–Kier alpha value is -2.86. The van der Waals surface area contributed by atoms with Crippen LogP contribution in [0.15, 0.2) is 42.5 Å². The number of carboxylic acid groups (broad SMARTS) is 1. The highest BCUT2D eigenvalue weighted by atomic mass is 16.4. The summed E-state index contributed by atoms with van der Waals surface area (Å²) in [7, 11) is 0. The van der Waals surface area contributed by atoms with Gasteiger partial charge in [0, 0.05) is 5.69 Å². The van der Waals surface area contributed by atoms with E-state index in [0.717, 1.165) is 18.4 Å². The van der Waals surface area contributed by atoms with E-state index in [1.807, 2.05) is 30.3 Å². The van der Waals surface area contributed by atoms with Crippen molar-refractivity contribution in [3.63, 3.8) is 0 Å². The molecule has 2 aromatic rings. The minimum absolute atomic E-state index is 0.361. The summed E-state index contributed by atoms with van der Waals surface area (Å²) in [5, 5.41) is 14.5. The predicted octanol–water partition coefficient (Wildman–Crippen LogP) is 2.96. The molecule has 0 saturated heterocycles. The number of carbonyl (C=O) groups excluding carboxylic acids is 1. The molecular weight excluding hydrogens is 330 g/mol. The van der Waals surface area contributed by atoms with Crippen molar-refractivity contribution in [3.05, 3.63) is 53.6 Å². The van der Waals surface area contributed by atoms with E-state index in [4.69, 9.17) is 5.73 Å². The lowest BCUT2D eigenvalue weighted by molar-refractivity contribution is -0.139. The third-order valence-corrected chi connectivity index (χ3v) is 4.60. The number of rotatable bonds is 7. The predicted molar refractivity (Wildman–Crippen MR) is 101 cm³/mol. The van der Waals surface area contributed by atoms with E-state index >= 15 is 0 Å². The van der Waals surface area contributed by atoms with Crippen LogP contribution in [0.25, 0.3) is 11.1 Å². The molecule has 1 aliphatic carbocycles. The first-order valence-corrected chi connectivity index (χ1v) is 8.80. The molecule has 0 aromatic heterocycles. The molecule has 0 bridgehead atoms. The molecule has 6 heteroatoms. The quantitative estimate of drug-likeness (QED) is 0.490. The first-order chi connectivity index (χ1) is 12.6. The second-order valence-electron chi connectivity index (χ2n) is 6.48. The van der Waals surface area contributed by atoms with E-state index in [-0.39, 0.29) is 0 Å². The molecule has 1 aliphatic rings. The molecule has 5 N–H and O–H groups in total. The van der Waals surface area contributed by atoms with Crippen LogP contribution in [0, 0.1) is 0 Å². The Morgan fingerprint density at radius 2 is 1.85 bits per heavy atom. The number of benzene rings is 2. The molecule has 26 heavy (non-hydrogen) atoms. The van der Waals surface area contributed by atoms with E-state index in [0.29, 0.717) is 25.1 Å². The molecule has 0 heterocycles. The van der Waals surface area contributed by atoms with Crippen LogP contribution in [-0.4, -0.2) is 29.7 Å². The van der Waals surface area contributed by atoms with Gasteiger partial charge in [-0.05, 0) is 66.6 Å². The number of carbonyl (C=O) groups is 2. The van der Waals surface area contributed by atoms with E-state index in [9.17, 15) is 14.7 Å². The van der Waals surface area contributed by atoms with Gasteiger partial charge in [-0.1, -0.05) is 30.3 Å². The monoisotopic (exact) mass is 353 g/mol. The maximum absolute atomic E-state index is 12.2. The SMILES string of the molecule is NCCCC[C@@H](NC(=O)Nc1ccc2c(c1)Cc1ccccc1-2)C(=O)O. The summed E-state index contributed by atoms with van der Waals surface area (Å²) in [6.07, 6.45) is 2.59. The summed E-state index contributed by atoms with van der Waals surface area (Å²) in [5.41, 5.74) is 10.9. The second-order valence-corrected chi connectivity index (χ2v) is 6.48. The molecule has 2 amide bonds. The summed E-state index contributed by atoms with van der Waals surface area (Å²) in [6.45, 7) is 0.510. The van der Waals surface area contributed by atoms with Crippen LogP contribution in [0.5, 0.6) is 0 Å². The van der Waals surface area contributed by atoms with Crippen LogP contribution < -0.4 is 16.4 Å². The number of anilines is 1. The van der Waals surface area contributed by atoms with Crippen LogP contribution in [0.3, 0.4) is 0 Å². The highest BCUT2D eigenvalue weighted by molar-refractivity contribution is 5.93. The van der Waals surface area contributed by atoms with Crippen molar-refractivity contribution in [2.75, 3.05) is 11.9 Å². The van der Waals surface area contributed by atoms with E-state index in [2.05, 4.69) is 22.8 Å². The summed E-state index contributed by atoms with van der Waals surface area (Å²) in [6, 6.07) is 12.6. The lowest BCUT2D eigenvalue weighted by atomic mass is 10.1. The Labute approximate surface area is 152 Å². The largest absolute Gasteiger partial charge is 0.480 e. The molecule has 0 unspecified atom stereocenters. The number of amides is 2. The number of aliphatic carboxylic acids is 1. The van der Waals surface area contributed by atoms with Crippen molar-refractivity contribution in [3.8, 4) is 11.1 Å². The van der Waals surface area contributed by atoms with Crippen LogP contribution in [-0.2, 0) is 11.2 Å². The van der Waals surface area contributed by atoms with Gasteiger partial charge >= 0.3 is 12.0 Å². The molecule has 0 spiro atoms. The van der Waals surface area contributed by atoms with E-state index < -0.39 is 18.0 Å². The van der Waals surface area contributed by atoms with Crippen LogP contribution in [0.2, 0.25) is 0 Å². The molecular formula is C20H23N3O3. The van der Waals surface area contributed by atoms with Gasteiger partial charge in [-0.3, -0.25) is 0 Å². The number of unbranched alkanes of at least 4 members (excludes halogenated alkanes) is 1. The molecule has 0 fully saturated rings. The molecule has 1 atom stereocenters. The first-order valence-electron chi connectivity index (χ1n) is 8.80. The van der Waals surface area contributed by atoms with Crippen LogP contribution in [0.4, 0.5) is 10.5 Å². The van der Waals surface area contributed by atoms with Crippen molar-refractivity contribution in [2.45, 2.75) is 31.7 Å². The Morgan fingerprint density at radius 1 is 1.08 bits per heavy atom. The fourth-order valence-electron chi connectivity index (χ4n) is 3.30. The van der Waals surface area contributed by atoms with Gasteiger partial charge < -0.3 is 21.5 Å². The van der Waals surface area contributed by atoms with Crippen molar-refractivity contribution < 1.29 is 14.7 Å². The molecule has 0 radical (unpaired) electrons. The number of carboxylic acids is 1. The third kappa shape index (κ3) is 4.03. The summed E-state index contributed by atoms with van der Waals surface area (Å²) in [4.78, 5) is 23.5. The first kappa shape index (κ1) is 17.9. The highest BCUT2D eigenvalue weighted by Gasteiger charge is 2.21. The Kier molecular flexibility index (Phi) is 5.53. The van der Waals surface area contributed by atoms with Gasteiger partial charge in [0.15, 0.2) is 0 Å². The van der Waals surface area contributed by atoms with Crippen molar-refractivity contribution in [2.24, 2.45) is 5.73 Å². The number of nitrogens with two attached hydrogens (primary N) is 1. The van der Waals surface area contributed by atoms with Gasteiger partial charge in [-0.2, -0.15) is 0 Å². The normalized spacial score (nSPS) is 12.8. The van der Waals surface area contributed by atoms with Crippen molar-refractivity contribution in [1.29, 1.82) is 0 Å². The average molecular weight is 353 g/mol. The molecule has 3 rings (SSSR count). The Balaban J connectivity index is 1.63. The van der Waals surface area contributed by atoms with Crippen molar-refractivity contribution >= 4 is 17.7 Å². The molecule has 0 saturated carbocycles. The number of hydrogen-bond acceptors (Lipinski definition) is 3. The van der Waals surface area contributed by atoms with Crippen LogP contribution >= 0.6 is 0 Å². The van der Waals surface area contributed by atoms with Crippen LogP contribution in [0.1, 0.15) is 30.4 Å². The lowest BCUT2D eigenvalue weighted by Gasteiger charge is -2.15. The highest BCUT2D eigenvalue weighted by Crippen LogP contribution is 2.37. The zero-order valence-corrected chi connectivity index (χ0v) is 14.5. The maximum Gasteiger partial charge on any atom is 0.326 e. The van der Waals surface area contributed by atoms with Gasteiger partial charge in [0.2, 0.25) is 0 Å². The zero-order valence-electron chi connectivity index (χ0n) is 14.5. The summed E-state index contributed by atoms with van der Waals surface area (Å²) < 4.78 is 0. The molecule has 136 valence electrons. The number of fused-ring (bicyclic) bond motifs is 3. The number of hydrogen-bond donors (Lipinski definition) is 4. The third-order valence-electron chi connectivity index (χ3n) is 4.60. The minimum atomic E-state index is -1.04. The summed E-state index contributed by atoms with van der Waals surface area (Å²) >= 11 is 0. The van der Waals surface area contributed by atoms with E-state index in [1.165, 1.54) is 16.7 Å². The van der Waals surface area contributed by atoms with Gasteiger partial charge in [-0.25, -0.2) is 9.59 Å². The zero-order chi connectivity index (χ0) is 18.5. The standard InChI is InChI=1S/C20H23N3O3/c21-10-4-3-7-18(19(24)25)23-20(26)22-15-8-9-17-14(12-15)11-13-5-1-2-6-16(13)17/h1-2,5-6,8-9,12,18H,3-4,7,10-11,21H2,(H,24,25)(H2,22,23,26)/t18-/m1/s1. The minimum Gasteiger partial charge on any atom is -0.480 e. The average Bonchev–Trinajstić information content (AvgIpc) is 2.98. The Morgan fingerprint density at radius 3 is 2.62 bits per heavy atom. The van der Waals surface area contributed by atoms with Crippen molar-refractivity contribution in [1.82, 2.24) is 5.32 Å². The molecule has 2 aromatic carbocycles. The number of nitrogens with one attached hydrogen (secondary N) is 2. The maximum atomic E-state index is 12.2. The topological polar surface area (TPSA) is 104 Å². The fourth-order valence-corrected chi connectivity index (χ4v) is 3.30. The fraction of sp³-hybridized carbons (Fsp3) is 0.300. The molecule has 6 nitrogen and oxygen atoms in total. The summed E-state index contributed by atoms with van der Waals surface area (Å²) in [5.74, 6) is -1.04. The van der Waals surface area contributed by atoms with Gasteiger partial charge in [0.1, 0.15) is 6.04 Å². The molecule has 0 aliphatic heterocycles. The van der Waals surface area contributed by atoms with E-state index in [1.54, 1.807) is 0 Å². The lowest BCUT2D eigenvalue weighted by Crippen LogP contribution is -2.43. The smallest absolute Gasteiger partial charge is 0.326 e. The Bertz CT molecular complexity index is 820. The van der Waals surface area contributed by atoms with Gasteiger partial charge in [-0.15, -0.1) is 0 Å². The van der Waals surface area contributed by atoms with Gasteiger partial charge in [0.25, 0.3) is 0 Å². The van der Waals surface area contributed by atoms with Gasteiger partial charge in [0.05, 0.1) is 0 Å². The number of urea groups is 1.